The van der Waals surface area contributed by atoms with Crippen LogP contribution in [0.4, 0.5) is 5.69 Å². The molecule has 1 nitrogen and oxygen atoms in total. The molecule has 0 bridgehead atoms. The quantitative estimate of drug-likeness (QED) is 0.702. The Balaban J connectivity index is 2.68. The van der Waals surface area contributed by atoms with E-state index in [1.54, 1.807) is 0 Å². The van der Waals surface area contributed by atoms with E-state index in [0.717, 1.165) is 20.6 Å². The van der Waals surface area contributed by atoms with Gasteiger partial charge in [-0.15, -0.1) is 0 Å². The third kappa shape index (κ3) is 5.01. The predicted molar refractivity (Wildman–Crippen MR) is 83.7 cm³/mol. The van der Waals surface area contributed by atoms with E-state index in [9.17, 15) is 0 Å². The molecule has 1 atom stereocenters. The molecule has 0 aliphatic heterocycles. The molecule has 0 amide bonds. The Morgan fingerprint density at radius 1 is 1.06 bits per heavy atom. The maximum atomic E-state index is 3.61. The van der Waals surface area contributed by atoms with Crippen LogP contribution in [0, 0.1) is 12.8 Å². The van der Waals surface area contributed by atoms with Gasteiger partial charge in [-0.1, -0.05) is 13.8 Å². The number of aryl methyl sites for hydroxylation is 1. The van der Waals surface area contributed by atoms with Crippen LogP contribution in [0.3, 0.4) is 0 Å². The van der Waals surface area contributed by atoms with E-state index in [1.165, 1.54) is 18.4 Å². The molecular weight excluding hydrogens is 342 g/mol. The fourth-order valence-corrected chi connectivity index (χ4v) is 3.38. The molecule has 3 heteroatoms. The molecule has 0 heterocycles. The van der Waals surface area contributed by atoms with Crippen LogP contribution in [-0.2, 0) is 0 Å². The zero-order valence-electron chi connectivity index (χ0n) is 11.0. The molecule has 1 aromatic carbocycles. The lowest BCUT2D eigenvalue weighted by Gasteiger charge is -2.19. The maximum absolute atomic E-state index is 3.61. The van der Waals surface area contributed by atoms with Gasteiger partial charge in [0.25, 0.3) is 0 Å². The highest BCUT2D eigenvalue weighted by atomic mass is 79.9. The third-order valence-corrected chi connectivity index (χ3v) is 4.01. The van der Waals surface area contributed by atoms with Crippen molar-refractivity contribution in [1.82, 2.24) is 0 Å². The second-order valence-electron chi connectivity index (χ2n) is 5.12. The molecule has 1 rings (SSSR count). The SMILES string of the molecule is Cc1cc(Br)c(NC(C)CCC(C)C)c(Br)c1. The van der Waals surface area contributed by atoms with Crippen molar-refractivity contribution in [1.29, 1.82) is 0 Å². The summed E-state index contributed by atoms with van der Waals surface area (Å²) in [7, 11) is 0. The van der Waals surface area contributed by atoms with E-state index in [2.05, 4.69) is 77.0 Å². The molecule has 1 N–H and O–H groups in total. The standard InChI is InChI=1S/C14H21Br2N/c1-9(2)5-6-11(4)17-14-12(15)7-10(3)8-13(14)16/h7-9,11,17H,5-6H2,1-4H3. The summed E-state index contributed by atoms with van der Waals surface area (Å²) in [5.74, 6) is 0.768. The average molecular weight is 363 g/mol. The van der Waals surface area contributed by atoms with Crippen LogP contribution in [0.15, 0.2) is 21.1 Å². The topological polar surface area (TPSA) is 12.0 Å². The lowest BCUT2D eigenvalue weighted by atomic mass is 10.0. The third-order valence-electron chi connectivity index (χ3n) is 2.75. The first-order valence-corrected chi connectivity index (χ1v) is 7.71. The Hall–Kier alpha value is -0.0200. The van der Waals surface area contributed by atoms with Gasteiger partial charge in [-0.2, -0.15) is 0 Å². The zero-order valence-corrected chi connectivity index (χ0v) is 14.2. The Morgan fingerprint density at radius 3 is 2.06 bits per heavy atom. The van der Waals surface area contributed by atoms with Gasteiger partial charge in [0.2, 0.25) is 0 Å². The minimum absolute atomic E-state index is 0.493. The van der Waals surface area contributed by atoms with Gasteiger partial charge in [0.1, 0.15) is 0 Å². The van der Waals surface area contributed by atoms with Crippen LogP contribution >= 0.6 is 31.9 Å². The lowest BCUT2D eigenvalue weighted by molar-refractivity contribution is 0.527. The first-order valence-electron chi connectivity index (χ1n) is 6.12. The van der Waals surface area contributed by atoms with Gasteiger partial charge in [0.15, 0.2) is 0 Å². The van der Waals surface area contributed by atoms with Gasteiger partial charge in [0, 0.05) is 15.0 Å². The average Bonchev–Trinajstić information content (AvgIpc) is 2.20. The molecule has 1 aromatic rings. The lowest BCUT2D eigenvalue weighted by Crippen LogP contribution is -2.16. The Kier molecular flexibility index (Phi) is 6.01. The van der Waals surface area contributed by atoms with Crippen LogP contribution in [-0.4, -0.2) is 6.04 Å². The molecule has 0 aromatic heterocycles. The number of halogens is 2. The van der Waals surface area contributed by atoms with Crippen LogP contribution in [0.2, 0.25) is 0 Å². The monoisotopic (exact) mass is 361 g/mol. The molecule has 96 valence electrons. The highest BCUT2D eigenvalue weighted by Gasteiger charge is 2.10. The van der Waals surface area contributed by atoms with Crippen molar-refractivity contribution in [3.63, 3.8) is 0 Å². The van der Waals surface area contributed by atoms with Gasteiger partial charge in [-0.3, -0.25) is 0 Å². The molecule has 17 heavy (non-hydrogen) atoms. The normalized spacial score (nSPS) is 12.9. The van der Waals surface area contributed by atoms with Crippen molar-refractivity contribution >= 4 is 37.5 Å². The Morgan fingerprint density at radius 2 is 1.59 bits per heavy atom. The second kappa shape index (κ2) is 6.79. The molecule has 0 radical (unpaired) electrons. The highest BCUT2D eigenvalue weighted by Crippen LogP contribution is 2.33. The summed E-state index contributed by atoms with van der Waals surface area (Å²) in [6, 6.07) is 4.78. The summed E-state index contributed by atoms with van der Waals surface area (Å²) in [4.78, 5) is 0. The van der Waals surface area contributed by atoms with Crippen molar-refractivity contribution in [2.45, 2.75) is 46.6 Å². The highest BCUT2D eigenvalue weighted by molar-refractivity contribution is 9.11. The van der Waals surface area contributed by atoms with E-state index in [0.29, 0.717) is 6.04 Å². The number of nitrogens with one attached hydrogen (secondary N) is 1. The fraction of sp³-hybridized carbons (Fsp3) is 0.571. The summed E-state index contributed by atoms with van der Waals surface area (Å²) in [5.41, 5.74) is 2.41. The fourth-order valence-electron chi connectivity index (χ4n) is 1.74. The summed E-state index contributed by atoms with van der Waals surface area (Å²) >= 11 is 7.23. The molecule has 0 aliphatic rings. The second-order valence-corrected chi connectivity index (χ2v) is 6.83. The van der Waals surface area contributed by atoms with E-state index < -0.39 is 0 Å². The van der Waals surface area contributed by atoms with Crippen LogP contribution in [0.1, 0.15) is 39.2 Å². The number of benzene rings is 1. The van der Waals surface area contributed by atoms with Crippen LogP contribution in [0.25, 0.3) is 0 Å². The first kappa shape index (κ1) is 15.0. The molecular formula is C14H21Br2N. The smallest absolute Gasteiger partial charge is 0.0631 e. The summed E-state index contributed by atoms with van der Waals surface area (Å²) < 4.78 is 2.25. The zero-order chi connectivity index (χ0) is 13.0. The molecule has 0 aliphatic carbocycles. The van der Waals surface area contributed by atoms with Crippen molar-refractivity contribution in [2.24, 2.45) is 5.92 Å². The summed E-state index contributed by atoms with van der Waals surface area (Å²) in [5, 5.41) is 3.57. The molecule has 0 fully saturated rings. The van der Waals surface area contributed by atoms with Gasteiger partial charge < -0.3 is 5.32 Å². The Bertz CT molecular complexity index is 351. The minimum Gasteiger partial charge on any atom is -0.381 e. The molecule has 0 saturated heterocycles. The van der Waals surface area contributed by atoms with Gasteiger partial charge in [-0.25, -0.2) is 0 Å². The Labute approximate surface area is 122 Å². The minimum atomic E-state index is 0.493. The van der Waals surface area contributed by atoms with Gasteiger partial charge in [0.05, 0.1) is 5.69 Å². The van der Waals surface area contributed by atoms with Crippen molar-refractivity contribution in [3.05, 3.63) is 26.6 Å². The number of hydrogen-bond donors (Lipinski definition) is 1. The van der Waals surface area contributed by atoms with E-state index in [1.807, 2.05) is 0 Å². The molecule has 1 unspecified atom stereocenters. The maximum Gasteiger partial charge on any atom is 0.0631 e. The predicted octanol–water partition coefficient (Wildman–Crippen LogP) is 5.76. The van der Waals surface area contributed by atoms with Crippen LogP contribution < -0.4 is 5.32 Å². The molecule has 0 spiro atoms. The van der Waals surface area contributed by atoms with Crippen molar-refractivity contribution in [2.75, 3.05) is 5.32 Å². The summed E-state index contributed by atoms with van der Waals surface area (Å²) in [6.07, 6.45) is 2.46. The van der Waals surface area contributed by atoms with Gasteiger partial charge >= 0.3 is 0 Å². The van der Waals surface area contributed by atoms with Crippen LogP contribution in [0.5, 0.6) is 0 Å². The first-order chi connectivity index (χ1) is 7.90. The largest absolute Gasteiger partial charge is 0.381 e. The van der Waals surface area contributed by atoms with Crippen molar-refractivity contribution in [3.8, 4) is 0 Å². The number of hydrogen-bond acceptors (Lipinski definition) is 1. The van der Waals surface area contributed by atoms with E-state index in [4.69, 9.17) is 0 Å². The number of anilines is 1. The van der Waals surface area contributed by atoms with Crippen molar-refractivity contribution < 1.29 is 0 Å². The number of rotatable bonds is 5. The van der Waals surface area contributed by atoms with E-state index in [-0.39, 0.29) is 0 Å². The summed E-state index contributed by atoms with van der Waals surface area (Å²) in [6.45, 7) is 8.87. The van der Waals surface area contributed by atoms with E-state index >= 15 is 0 Å². The molecule has 0 saturated carbocycles. The van der Waals surface area contributed by atoms with Gasteiger partial charge in [-0.05, 0) is 82.2 Å².